The van der Waals surface area contributed by atoms with Crippen LogP contribution >= 0.6 is 0 Å². The van der Waals surface area contributed by atoms with Crippen LogP contribution in [0.1, 0.15) is 87.1 Å². The molecule has 0 atom stereocenters. The van der Waals surface area contributed by atoms with E-state index in [1.807, 2.05) is 0 Å². The minimum absolute atomic E-state index is 0.161. The average Bonchev–Trinajstić information content (AvgIpc) is 2.58. The molecule has 0 unspecified atom stereocenters. The topological polar surface area (TPSA) is 26.3 Å². The smallest absolute Gasteiger partial charge is 0.419 e. The van der Waals surface area contributed by atoms with Crippen molar-refractivity contribution < 1.29 is 27.1 Å². The Morgan fingerprint density at radius 3 is 2.00 bits per heavy atom. The number of hydrogen-bond donors (Lipinski definition) is 0. The largest absolute Gasteiger partial charge is 0.462 e. The molecule has 1 rings (SSSR count). The van der Waals surface area contributed by atoms with Gasteiger partial charge in [0.2, 0.25) is 0 Å². The highest BCUT2D eigenvalue weighted by molar-refractivity contribution is 5.89. The van der Waals surface area contributed by atoms with Crippen LogP contribution in [0.15, 0.2) is 18.2 Å². The summed E-state index contributed by atoms with van der Waals surface area (Å²) in [5, 5.41) is 0. The highest BCUT2D eigenvalue weighted by Crippen LogP contribution is 2.32. The summed E-state index contributed by atoms with van der Waals surface area (Å²) < 4.78 is 56.1. The van der Waals surface area contributed by atoms with E-state index in [4.69, 9.17) is 4.74 Å². The van der Waals surface area contributed by atoms with Crippen LogP contribution in [0, 0.1) is 5.82 Å². The molecule has 0 N–H and O–H groups in total. The molecule has 2 nitrogen and oxygen atoms in total. The van der Waals surface area contributed by atoms with Gasteiger partial charge < -0.3 is 4.74 Å². The minimum Gasteiger partial charge on any atom is -0.462 e. The lowest BCUT2D eigenvalue weighted by Gasteiger charge is -2.10. The van der Waals surface area contributed by atoms with Gasteiger partial charge in [-0.1, -0.05) is 64.7 Å². The Morgan fingerprint density at radius 2 is 1.46 bits per heavy atom. The molecule has 1 aromatic rings. The summed E-state index contributed by atoms with van der Waals surface area (Å²) >= 11 is 0. The molecule has 0 saturated heterocycles. The number of alkyl halides is 3. The number of halogens is 4. The lowest BCUT2D eigenvalue weighted by molar-refractivity contribution is -0.140. The van der Waals surface area contributed by atoms with Crippen molar-refractivity contribution in [3.63, 3.8) is 0 Å². The van der Waals surface area contributed by atoms with Crippen molar-refractivity contribution in [1.82, 2.24) is 0 Å². The predicted octanol–water partition coefficient (Wildman–Crippen LogP) is 6.92. The third-order valence-corrected chi connectivity index (χ3v) is 4.24. The van der Waals surface area contributed by atoms with Crippen molar-refractivity contribution >= 4 is 5.97 Å². The molecule has 0 aliphatic rings. The van der Waals surface area contributed by atoms with Crippen LogP contribution in [-0.2, 0) is 10.9 Å². The van der Waals surface area contributed by atoms with Crippen LogP contribution < -0.4 is 0 Å². The maximum atomic E-state index is 13.2. The highest BCUT2D eigenvalue weighted by Gasteiger charge is 2.34. The van der Waals surface area contributed by atoms with E-state index in [1.54, 1.807) is 0 Å². The van der Waals surface area contributed by atoms with Gasteiger partial charge in [0.05, 0.1) is 17.7 Å². The fourth-order valence-electron chi connectivity index (χ4n) is 2.71. The standard InChI is InChI=1S/C20H28F4O2/c1-2-3-4-5-6-7-8-9-10-11-14-26-19(25)16-12-13-18(21)17(15-16)20(22,23)24/h12-13,15H,2-11,14H2,1H3. The van der Waals surface area contributed by atoms with Crippen molar-refractivity contribution in [1.29, 1.82) is 0 Å². The molecule has 0 spiro atoms. The number of carbonyl (C=O) groups excluding carboxylic acids is 1. The van der Waals surface area contributed by atoms with Gasteiger partial charge >= 0.3 is 12.1 Å². The zero-order chi connectivity index (χ0) is 19.4. The normalized spacial score (nSPS) is 11.6. The van der Waals surface area contributed by atoms with Gasteiger partial charge in [-0.3, -0.25) is 0 Å². The molecule has 148 valence electrons. The van der Waals surface area contributed by atoms with Crippen molar-refractivity contribution in [2.24, 2.45) is 0 Å². The highest BCUT2D eigenvalue weighted by atomic mass is 19.4. The van der Waals surface area contributed by atoms with E-state index in [0.29, 0.717) is 18.6 Å². The summed E-state index contributed by atoms with van der Waals surface area (Å²) in [5.74, 6) is -2.25. The molecule has 0 aromatic heterocycles. The first-order valence-corrected chi connectivity index (χ1v) is 9.40. The summed E-state index contributed by atoms with van der Waals surface area (Å²) in [6.07, 6.45) is 6.53. The second-order valence-electron chi connectivity index (χ2n) is 6.51. The number of unbranched alkanes of at least 4 members (excludes halogenated alkanes) is 9. The van der Waals surface area contributed by atoms with Crippen molar-refractivity contribution in [3.05, 3.63) is 35.1 Å². The molecule has 6 heteroatoms. The third-order valence-electron chi connectivity index (χ3n) is 4.24. The van der Waals surface area contributed by atoms with Gasteiger partial charge in [-0.2, -0.15) is 13.2 Å². The lowest BCUT2D eigenvalue weighted by atomic mass is 10.1. The van der Waals surface area contributed by atoms with Gasteiger partial charge in [0.15, 0.2) is 0 Å². The molecule has 0 amide bonds. The Kier molecular flexibility index (Phi) is 10.3. The summed E-state index contributed by atoms with van der Waals surface area (Å²) in [6, 6.07) is 2.14. The Hall–Kier alpha value is -1.59. The molecule has 0 aliphatic carbocycles. The monoisotopic (exact) mass is 376 g/mol. The van der Waals surface area contributed by atoms with Gasteiger partial charge in [-0.15, -0.1) is 0 Å². The summed E-state index contributed by atoms with van der Waals surface area (Å²) in [5.41, 5.74) is -1.74. The minimum atomic E-state index is -4.84. The van der Waals surface area contributed by atoms with Crippen molar-refractivity contribution in [3.8, 4) is 0 Å². The van der Waals surface area contributed by atoms with E-state index in [0.717, 1.165) is 25.3 Å². The molecular formula is C20H28F4O2. The van der Waals surface area contributed by atoms with Gasteiger partial charge in [-0.25, -0.2) is 9.18 Å². The fraction of sp³-hybridized carbons (Fsp3) is 0.650. The van der Waals surface area contributed by atoms with Crippen LogP contribution in [0.2, 0.25) is 0 Å². The Balaban J connectivity index is 2.19. The van der Waals surface area contributed by atoms with Crippen LogP contribution in [-0.4, -0.2) is 12.6 Å². The predicted molar refractivity (Wildman–Crippen MR) is 93.5 cm³/mol. The number of carbonyl (C=O) groups is 1. The summed E-state index contributed by atoms with van der Waals surface area (Å²) in [7, 11) is 0. The fourth-order valence-corrected chi connectivity index (χ4v) is 2.71. The van der Waals surface area contributed by atoms with E-state index in [-0.39, 0.29) is 12.2 Å². The first kappa shape index (κ1) is 22.5. The van der Waals surface area contributed by atoms with Crippen LogP contribution in [0.3, 0.4) is 0 Å². The van der Waals surface area contributed by atoms with Crippen molar-refractivity contribution in [2.75, 3.05) is 6.61 Å². The SMILES string of the molecule is CCCCCCCCCCCCOC(=O)c1ccc(F)c(C(F)(F)F)c1. The Morgan fingerprint density at radius 1 is 0.923 bits per heavy atom. The molecule has 0 saturated carbocycles. The van der Waals surface area contributed by atoms with E-state index in [9.17, 15) is 22.4 Å². The van der Waals surface area contributed by atoms with E-state index in [1.165, 1.54) is 38.5 Å². The maximum absolute atomic E-state index is 13.2. The molecule has 0 radical (unpaired) electrons. The average molecular weight is 376 g/mol. The first-order chi connectivity index (χ1) is 12.4. The van der Waals surface area contributed by atoms with Crippen LogP contribution in [0.5, 0.6) is 0 Å². The zero-order valence-electron chi connectivity index (χ0n) is 15.3. The second kappa shape index (κ2) is 11.9. The van der Waals surface area contributed by atoms with Crippen LogP contribution in [0.25, 0.3) is 0 Å². The first-order valence-electron chi connectivity index (χ1n) is 9.40. The molecule has 0 fully saturated rings. The lowest BCUT2D eigenvalue weighted by Crippen LogP contribution is -2.12. The maximum Gasteiger partial charge on any atom is 0.419 e. The quantitative estimate of drug-likeness (QED) is 0.225. The van der Waals surface area contributed by atoms with Crippen molar-refractivity contribution in [2.45, 2.75) is 77.3 Å². The molecule has 0 aliphatic heterocycles. The number of hydrogen-bond acceptors (Lipinski definition) is 2. The van der Waals surface area contributed by atoms with Gasteiger partial charge in [0.1, 0.15) is 5.82 Å². The molecule has 0 bridgehead atoms. The van der Waals surface area contributed by atoms with Gasteiger partial charge in [-0.05, 0) is 24.6 Å². The molecule has 0 heterocycles. The molecular weight excluding hydrogens is 348 g/mol. The molecule has 26 heavy (non-hydrogen) atoms. The van der Waals surface area contributed by atoms with E-state index >= 15 is 0 Å². The van der Waals surface area contributed by atoms with Crippen LogP contribution in [0.4, 0.5) is 17.6 Å². The molecule has 1 aromatic carbocycles. The van der Waals surface area contributed by atoms with Gasteiger partial charge in [0, 0.05) is 0 Å². The Labute approximate surface area is 152 Å². The van der Waals surface area contributed by atoms with E-state index in [2.05, 4.69) is 6.92 Å². The third kappa shape index (κ3) is 8.68. The second-order valence-corrected chi connectivity index (χ2v) is 6.51. The Bertz CT molecular complexity index is 541. The van der Waals surface area contributed by atoms with Gasteiger partial charge in [0.25, 0.3) is 0 Å². The summed E-state index contributed by atoms with van der Waals surface area (Å²) in [6.45, 7) is 2.35. The zero-order valence-corrected chi connectivity index (χ0v) is 15.3. The number of esters is 1. The number of benzene rings is 1. The summed E-state index contributed by atoms with van der Waals surface area (Å²) in [4.78, 5) is 11.8. The number of rotatable bonds is 12. The van der Waals surface area contributed by atoms with E-state index < -0.39 is 23.5 Å². The number of ether oxygens (including phenoxy) is 1.